The molecule has 0 saturated heterocycles. The molecule has 0 saturated carbocycles. The summed E-state index contributed by atoms with van der Waals surface area (Å²) < 4.78 is 178. The van der Waals surface area contributed by atoms with E-state index in [1.165, 1.54) is 54.9 Å². The molecule has 12 rings (SSSR count). The van der Waals surface area contributed by atoms with Crippen molar-refractivity contribution in [3.8, 4) is 51.0 Å². The molecule has 19 nitrogen and oxygen atoms in total. The summed E-state index contributed by atoms with van der Waals surface area (Å²) in [6.07, 6.45) is 5.59. The van der Waals surface area contributed by atoms with Gasteiger partial charge in [0, 0.05) is 110 Å². The highest BCUT2D eigenvalue weighted by Crippen LogP contribution is 2.45. The van der Waals surface area contributed by atoms with Crippen LogP contribution in [0.4, 0.5) is 26.3 Å². The second kappa shape index (κ2) is 48.6. The lowest BCUT2D eigenvalue weighted by molar-refractivity contribution is -0.176. The third-order valence-electron chi connectivity index (χ3n) is 12.8. The second-order valence-corrected chi connectivity index (χ2v) is 39.9. The maximum absolute atomic E-state index is 12.5. The van der Waals surface area contributed by atoms with Gasteiger partial charge >= 0.3 is 48.8 Å². The SMILES string of the molecule is C.C.C.CS(=O)c1ccc(Br)cc1-c1cc(O)cc(Br)c1.CSc1ccc(Br)cc1-c1cc(O)cc(Br)c1.CSc1ccc(Br)cc1B(O)O.O=S(=O)(O)C(F)(F)F.O=S(=O)(O)O.O=S(=O)(Oc1cc(Br)c2sc3ccc(Br)cc3c2c1)C(F)(F)F.OO.Oc1cc(Br)c2sc3ccc(Br)cc3c2c1.Oc1cc(Br)cc(I)c1. The lowest BCUT2D eigenvalue weighted by Gasteiger charge is -2.10. The van der Waals surface area contributed by atoms with Crippen molar-refractivity contribution in [3.05, 3.63) is 218 Å². The van der Waals surface area contributed by atoms with Gasteiger partial charge in [0.25, 0.3) is 0 Å². The zero-order valence-corrected chi connectivity index (χ0v) is 79.2. The number of aromatic hydroxyl groups is 4. The van der Waals surface area contributed by atoms with Crippen LogP contribution >= 0.6 is 228 Å². The van der Waals surface area contributed by atoms with E-state index in [9.17, 15) is 54.3 Å². The average molecular weight is 2490 g/mol. The predicted molar refractivity (Wildman–Crippen MR) is 490 cm³/mol. The Bertz CT molecular complexity index is 5530. The monoisotopic (exact) mass is 2480 g/mol. The Morgan fingerprint density at radius 1 is 0.451 bits per heavy atom. The molecule has 10 aromatic carbocycles. The first-order chi connectivity index (χ1) is 50.9. The van der Waals surface area contributed by atoms with Gasteiger partial charge in [-0.15, -0.1) is 46.2 Å². The fourth-order valence-corrected chi connectivity index (χ4v) is 18.8. The third kappa shape index (κ3) is 35.1. The molecule has 0 bridgehead atoms. The zero-order chi connectivity index (χ0) is 83.5. The van der Waals surface area contributed by atoms with Crippen LogP contribution in [0.15, 0.2) is 229 Å². The average Bonchev–Trinajstić information content (AvgIpc) is 1.63. The summed E-state index contributed by atoms with van der Waals surface area (Å²) in [6.45, 7) is 0. The molecule has 113 heavy (non-hydrogen) atoms. The summed E-state index contributed by atoms with van der Waals surface area (Å²) in [7, 11) is -18.7. The van der Waals surface area contributed by atoms with Crippen LogP contribution in [0.1, 0.15) is 22.3 Å². The van der Waals surface area contributed by atoms with E-state index in [0.717, 1.165) is 96.0 Å². The largest absolute Gasteiger partial charge is 0.534 e. The van der Waals surface area contributed by atoms with Crippen LogP contribution in [0, 0.1) is 3.57 Å². The number of hydrogen-bond acceptors (Lipinski definition) is 20. The molecule has 0 aliphatic carbocycles. The number of rotatable bonds is 8. The third-order valence-corrected chi connectivity index (χ3v) is 25.7. The highest BCUT2D eigenvalue weighted by molar-refractivity contribution is 14.1. The summed E-state index contributed by atoms with van der Waals surface area (Å²) in [5.74, 6) is 0.628. The lowest BCUT2D eigenvalue weighted by atomic mass is 9.80. The predicted octanol–water partition coefficient (Wildman–Crippen LogP) is 26.0. The smallest absolute Gasteiger partial charge is 0.508 e. The van der Waals surface area contributed by atoms with E-state index in [1.807, 2.05) is 97.4 Å². The maximum Gasteiger partial charge on any atom is 0.534 e. The van der Waals surface area contributed by atoms with Crippen LogP contribution in [0.25, 0.3) is 62.6 Å². The molecule has 0 radical (unpaired) electrons. The highest BCUT2D eigenvalue weighted by atomic mass is 127. The summed E-state index contributed by atoms with van der Waals surface area (Å²) in [4.78, 5) is 2.81. The van der Waals surface area contributed by atoms with Gasteiger partial charge in [-0.25, -0.2) is 0 Å². The normalized spacial score (nSPS) is 11.2. The minimum absolute atomic E-state index is 0. The summed E-state index contributed by atoms with van der Waals surface area (Å²) in [5.41, 5.74) is -6.68. The molecular weight excluding hydrogens is 2430 g/mol. The summed E-state index contributed by atoms with van der Waals surface area (Å²) in [5, 5.41) is 71.5. The Morgan fingerprint density at radius 2 is 0.814 bits per heavy atom. The number of thioether (sulfide) groups is 2. The molecular formula is C68H60BBr10F6IO19S8. The lowest BCUT2D eigenvalue weighted by Crippen LogP contribution is -2.31. The van der Waals surface area contributed by atoms with Crippen LogP contribution < -0.4 is 9.65 Å². The number of thiophene rings is 2. The van der Waals surface area contributed by atoms with Crippen LogP contribution in [0.3, 0.4) is 0 Å². The Hall–Kier alpha value is -2.77. The highest BCUT2D eigenvalue weighted by Gasteiger charge is 2.49. The molecule has 0 amide bonds. The van der Waals surface area contributed by atoms with Crippen molar-refractivity contribution >= 4 is 322 Å². The van der Waals surface area contributed by atoms with Crippen molar-refractivity contribution in [1.29, 1.82) is 0 Å². The molecule has 0 aliphatic rings. The molecule has 2 heterocycles. The van der Waals surface area contributed by atoms with Crippen molar-refractivity contribution in [2.75, 3.05) is 18.8 Å². The Balaban J connectivity index is 0.000000660. The number of phenolic OH excluding ortho intramolecular Hbond substituents is 4. The van der Waals surface area contributed by atoms with E-state index in [2.05, 4.69) is 210 Å². The van der Waals surface area contributed by atoms with Crippen molar-refractivity contribution in [2.24, 2.45) is 0 Å². The Morgan fingerprint density at radius 3 is 1.21 bits per heavy atom. The molecule has 0 aliphatic heterocycles. The van der Waals surface area contributed by atoms with E-state index >= 15 is 0 Å². The number of phenols is 4. The molecule has 12 aromatic rings. The fraction of sp³-hybridized carbons (Fsp3) is 0.118. The first-order valence-electron chi connectivity index (χ1n) is 28.5. The van der Waals surface area contributed by atoms with E-state index in [1.54, 1.807) is 77.9 Å². The Labute approximate surface area is 763 Å². The van der Waals surface area contributed by atoms with Crippen LogP contribution in [-0.2, 0) is 41.4 Å². The zero-order valence-electron chi connectivity index (χ0n) is 54.6. The van der Waals surface area contributed by atoms with Gasteiger partial charge in [0.2, 0.25) is 0 Å². The van der Waals surface area contributed by atoms with Crippen LogP contribution in [0.2, 0.25) is 0 Å². The molecule has 1 atom stereocenters. The maximum atomic E-state index is 12.5. The van der Waals surface area contributed by atoms with Gasteiger partial charge in [-0.2, -0.15) is 51.6 Å². The number of alkyl halides is 6. The minimum atomic E-state index is -5.84. The number of hydrogen-bond donors (Lipinski definition) is 11. The molecule has 0 spiro atoms. The van der Waals surface area contributed by atoms with E-state index in [0.29, 0.717) is 26.8 Å². The number of halogens is 17. The van der Waals surface area contributed by atoms with Crippen molar-refractivity contribution in [1.82, 2.24) is 0 Å². The van der Waals surface area contributed by atoms with Crippen LogP contribution in [-0.4, -0.2) is 121 Å². The molecule has 1 unspecified atom stereocenters. The van der Waals surface area contributed by atoms with Gasteiger partial charge in [-0.1, -0.05) is 150 Å². The van der Waals surface area contributed by atoms with E-state index in [4.69, 9.17) is 56.2 Å². The molecule has 616 valence electrons. The number of benzene rings is 10. The van der Waals surface area contributed by atoms with E-state index < -0.39 is 65.3 Å². The summed E-state index contributed by atoms with van der Waals surface area (Å²) in [6, 6.07) is 50.8. The Kier molecular flexibility index (Phi) is 46.6. The van der Waals surface area contributed by atoms with Gasteiger partial charge in [-0.05, 0) is 265 Å². The van der Waals surface area contributed by atoms with Crippen LogP contribution in [0.5, 0.6) is 28.7 Å². The first kappa shape index (κ1) is 108. The quantitative estimate of drug-likeness (QED) is 0.00775. The van der Waals surface area contributed by atoms with Gasteiger partial charge in [0.05, 0.1) is 10.8 Å². The molecule has 11 N–H and O–H groups in total. The molecule has 0 fully saturated rings. The minimum Gasteiger partial charge on any atom is -0.508 e. The topological polar surface area (TPSA) is 351 Å². The van der Waals surface area contributed by atoms with Gasteiger partial charge in [0.1, 0.15) is 28.7 Å². The number of fused-ring (bicyclic) bond motifs is 6. The van der Waals surface area contributed by atoms with Crippen molar-refractivity contribution < 1.29 is 115 Å². The first-order valence-corrected chi connectivity index (χ1v) is 47.3. The second-order valence-electron chi connectivity index (χ2n) is 20.6. The van der Waals surface area contributed by atoms with Gasteiger partial charge in [0.15, 0.2) is 0 Å². The van der Waals surface area contributed by atoms with Gasteiger partial charge in [-0.3, -0.25) is 28.4 Å². The summed E-state index contributed by atoms with van der Waals surface area (Å²) >= 11 is 42.1. The fourth-order valence-electron chi connectivity index (χ4n) is 8.59. The van der Waals surface area contributed by atoms with Crippen molar-refractivity contribution in [3.63, 3.8) is 0 Å². The molecule has 45 heteroatoms. The van der Waals surface area contributed by atoms with Crippen molar-refractivity contribution in [2.45, 2.75) is 48.0 Å². The molecule has 2 aromatic heterocycles. The standard InChI is InChI=1S/C13H5Br2F3O3S2.C13H10Br2O2S.C13H10Br2OS.C12H6Br2OS.C7H8BBrO2S.C6H4BrIO.CHF3O3S.3CH4.H2O4S.H2O2/c14-6-1-2-11-8(3-6)9-4-7(5-10(15)12(9)22-11)21-23(19,20)13(16,17)18;1-18(17)13-3-2-9(14)7-12(13)8-4-10(15)6-11(16)5-8;1-17-13-3-2-9(14)7-12(13)8-4-10(15)6-11(16)5-8;13-6-1-2-11-8(3-6)9-4-7(15)5-10(14)12(9)16-11;1-12-7-3-2-5(9)4-6(7)8(10)11;7-4-1-5(8)3-6(9)2-4;2-1(3,4)8(5,6)7;;;;1-5(2,3)4;1-2/h1-5H;2-7,16H,1H3;2-7,16H,1H3;1-5,15H;2-4,10-11H,1H3;1-3,9H;(H,5,6,7);3*1H4;(H2,1,2,3,4);1-2H. The van der Waals surface area contributed by atoms with E-state index in [-0.39, 0.29) is 33.8 Å². The van der Waals surface area contributed by atoms with Gasteiger partial charge < -0.3 is 34.7 Å².